The molecule has 0 aliphatic rings. The number of amides is 2. The number of anilines is 2. The maximum Gasteiger partial charge on any atom is 0.221 e. The Morgan fingerprint density at radius 1 is 0.467 bits per heavy atom. The highest BCUT2D eigenvalue weighted by atomic mass is 16.2. The number of rotatable bonds is 6. The van der Waals surface area contributed by atoms with Gasteiger partial charge in [-0.1, -0.05) is 24.3 Å². The van der Waals surface area contributed by atoms with Crippen LogP contribution < -0.4 is 10.6 Å². The minimum absolute atomic E-state index is 0.178. The summed E-state index contributed by atoms with van der Waals surface area (Å²) in [6.45, 7) is 2.83. The van der Waals surface area contributed by atoms with Gasteiger partial charge in [-0.15, -0.1) is 0 Å². The van der Waals surface area contributed by atoms with Crippen LogP contribution in [0.4, 0.5) is 11.4 Å². The van der Waals surface area contributed by atoms with Gasteiger partial charge in [-0.2, -0.15) is 0 Å². The highest BCUT2D eigenvalue weighted by molar-refractivity contribution is 6.12. The van der Waals surface area contributed by atoms with Gasteiger partial charge in [0.05, 0.1) is 0 Å². The molecule has 0 fully saturated rings. The molecule has 0 spiro atoms. The van der Waals surface area contributed by atoms with Crippen LogP contribution in [0.25, 0.3) is 0 Å². The average Bonchev–Trinajstić information content (AvgIpc) is 2.73. The third-order valence-electron chi connectivity index (χ3n) is 4.34. The van der Waals surface area contributed by atoms with Gasteiger partial charge >= 0.3 is 0 Å². The fraction of sp³-hybridized carbons (Fsp3) is 0.0833. The van der Waals surface area contributed by atoms with E-state index in [1.54, 1.807) is 72.8 Å². The van der Waals surface area contributed by atoms with Crippen LogP contribution >= 0.6 is 0 Å². The Kier molecular flexibility index (Phi) is 6.17. The van der Waals surface area contributed by atoms with Crippen molar-refractivity contribution in [2.75, 3.05) is 10.6 Å². The first kappa shape index (κ1) is 20.7. The maximum absolute atomic E-state index is 12.6. The Labute approximate surface area is 173 Å². The number of benzene rings is 3. The second-order valence-electron chi connectivity index (χ2n) is 6.75. The molecule has 0 atom stereocenters. The van der Waals surface area contributed by atoms with Crippen molar-refractivity contribution in [2.24, 2.45) is 0 Å². The zero-order valence-corrected chi connectivity index (χ0v) is 16.6. The van der Waals surface area contributed by atoms with E-state index in [2.05, 4.69) is 10.6 Å². The topological polar surface area (TPSA) is 92.3 Å². The van der Waals surface area contributed by atoms with E-state index in [0.717, 1.165) is 0 Å². The van der Waals surface area contributed by atoms with E-state index in [0.29, 0.717) is 33.6 Å². The minimum atomic E-state index is -0.181. The fourth-order valence-corrected chi connectivity index (χ4v) is 2.92. The van der Waals surface area contributed by atoms with Crippen LogP contribution in [0.5, 0.6) is 0 Å². The van der Waals surface area contributed by atoms with E-state index in [1.807, 2.05) is 0 Å². The minimum Gasteiger partial charge on any atom is -0.326 e. The van der Waals surface area contributed by atoms with Crippen molar-refractivity contribution in [3.63, 3.8) is 0 Å². The molecule has 30 heavy (non-hydrogen) atoms. The molecule has 3 aromatic rings. The number of hydrogen-bond donors (Lipinski definition) is 2. The summed E-state index contributed by atoms with van der Waals surface area (Å²) >= 11 is 0. The third kappa shape index (κ3) is 5.05. The van der Waals surface area contributed by atoms with Crippen molar-refractivity contribution in [2.45, 2.75) is 13.8 Å². The zero-order chi connectivity index (χ0) is 21.7. The lowest BCUT2D eigenvalue weighted by atomic mass is 9.98. The number of hydrogen-bond acceptors (Lipinski definition) is 4. The molecule has 2 N–H and O–H groups in total. The summed E-state index contributed by atoms with van der Waals surface area (Å²) in [5.74, 6) is -0.718. The molecular weight excluding hydrogens is 380 g/mol. The molecule has 6 heteroatoms. The maximum atomic E-state index is 12.6. The lowest BCUT2D eigenvalue weighted by Crippen LogP contribution is -2.07. The molecule has 3 aromatic carbocycles. The van der Waals surface area contributed by atoms with Crippen LogP contribution in [0.15, 0.2) is 72.8 Å². The van der Waals surface area contributed by atoms with Gasteiger partial charge in [-0.25, -0.2) is 0 Å². The van der Waals surface area contributed by atoms with Gasteiger partial charge in [0.25, 0.3) is 0 Å². The van der Waals surface area contributed by atoms with Gasteiger partial charge in [0.2, 0.25) is 11.8 Å². The second kappa shape index (κ2) is 8.96. The fourth-order valence-electron chi connectivity index (χ4n) is 2.92. The predicted octanol–water partition coefficient (Wildman–Crippen LogP) is 4.07. The standard InChI is InChI=1S/C24H20N2O4/c1-15(27)25-21-11-7-19(8-12-21)23(29)17-3-5-18(6-4-17)24(30)20-9-13-22(14-10-20)26-16(2)28/h3-14H,1-2H3,(H,25,27)(H,26,28). The van der Waals surface area contributed by atoms with Crippen molar-refractivity contribution in [3.05, 3.63) is 95.1 Å². The van der Waals surface area contributed by atoms with Gasteiger partial charge in [-0.05, 0) is 48.5 Å². The molecule has 0 aromatic heterocycles. The molecule has 0 radical (unpaired) electrons. The molecule has 0 aliphatic carbocycles. The van der Waals surface area contributed by atoms with E-state index in [1.165, 1.54) is 13.8 Å². The van der Waals surface area contributed by atoms with Gasteiger partial charge in [0.1, 0.15) is 0 Å². The van der Waals surface area contributed by atoms with Crippen LogP contribution in [0.3, 0.4) is 0 Å². The van der Waals surface area contributed by atoms with E-state index in [4.69, 9.17) is 0 Å². The van der Waals surface area contributed by atoms with E-state index >= 15 is 0 Å². The molecule has 2 amide bonds. The molecule has 0 unspecified atom stereocenters. The molecule has 3 rings (SSSR count). The Morgan fingerprint density at radius 3 is 0.933 bits per heavy atom. The summed E-state index contributed by atoms with van der Waals surface area (Å²) in [4.78, 5) is 47.5. The first-order chi connectivity index (χ1) is 14.3. The average molecular weight is 400 g/mol. The normalized spacial score (nSPS) is 10.2. The van der Waals surface area contributed by atoms with Crippen LogP contribution in [0, 0.1) is 0 Å². The van der Waals surface area contributed by atoms with Gasteiger partial charge in [0.15, 0.2) is 11.6 Å². The van der Waals surface area contributed by atoms with Crippen molar-refractivity contribution < 1.29 is 19.2 Å². The first-order valence-corrected chi connectivity index (χ1v) is 9.28. The summed E-state index contributed by atoms with van der Waals surface area (Å²) in [7, 11) is 0. The van der Waals surface area contributed by atoms with Crippen molar-refractivity contribution in [1.82, 2.24) is 0 Å². The Bertz CT molecular complexity index is 1010. The predicted molar refractivity (Wildman–Crippen MR) is 115 cm³/mol. The molecule has 0 saturated heterocycles. The van der Waals surface area contributed by atoms with Crippen LogP contribution in [-0.4, -0.2) is 23.4 Å². The van der Waals surface area contributed by atoms with E-state index < -0.39 is 0 Å². The van der Waals surface area contributed by atoms with Gasteiger partial charge in [0, 0.05) is 47.5 Å². The largest absolute Gasteiger partial charge is 0.326 e. The molecule has 0 saturated carbocycles. The number of carbonyl (C=O) groups is 4. The van der Waals surface area contributed by atoms with E-state index in [9.17, 15) is 19.2 Å². The van der Waals surface area contributed by atoms with Gasteiger partial charge < -0.3 is 10.6 Å². The number of ketones is 2. The quantitative estimate of drug-likeness (QED) is 0.610. The second-order valence-corrected chi connectivity index (χ2v) is 6.75. The Morgan fingerprint density at radius 2 is 0.700 bits per heavy atom. The highest BCUT2D eigenvalue weighted by Gasteiger charge is 2.13. The van der Waals surface area contributed by atoms with Crippen molar-refractivity contribution >= 4 is 34.8 Å². The zero-order valence-electron chi connectivity index (χ0n) is 16.6. The molecule has 0 heterocycles. The Hall–Kier alpha value is -4.06. The molecule has 0 bridgehead atoms. The molecule has 150 valence electrons. The van der Waals surface area contributed by atoms with Crippen molar-refractivity contribution in [1.29, 1.82) is 0 Å². The third-order valence-corrected chi connectivity index (χ3v) is 4.34. The summed E-state index contributed by atoms with van der Waals surface area (Å²) in [6.07, 6.45) is 0. The lowest BCUT2D eigenvalue weighted by Gasteiger charge is -2.07. The van der Waals surface area contributed by atoms with Crippen LogP contribution in [0.1, 0.15) is 45.7 Å². The highest BCUT2D eigenvalue weighted by Crippen LogP contribution is 2.17. The lowest BCUT2D eigenvalue weighted by molar-refractivity contribution is -0.115. The summed E-state index contributed by atoms with van der Waals surface area (Å²) < 4.78 is 0. The summed E-state index contributed by atoms with van der Waals surface area (Å²) in [5.41, 5.74) is 3.11. The molecule has 6 nitrogen and oxygen atoms in total. The number of carbonyl (C=O) groups excluding carboxylic acids is 4. The Balaban J connectivity index is 1.72. The monoisotopic (exact) mass is 400 g/mol. The summed E-state index contributed by atoms with van der Waals surface area (Å²) in [5, 5.41) is 5.30. The molecular formula is C24H20N2O4. The van der Waals surface area contributed by atoms with Crippen LogP contribution in [0.2, 0.25) is 0 Å². The number of nitrogens with one attached hydrogen (secondary N) is 2. The van der Waals surface area contributed by atoms with E-state index in [-0.39, 0.29) is 23.4 Å². The van der Waals surface area contributed by atoms with Gasteiger partial charge in [-0.3, -0.25) is 19.2 Å². The SMILES string of the molecule is CC(=O)Nc1ccc(C(=O)c2ccc(C(=O)c3ccc(NC(C)=O)cc3)cc2)cc1. The molecule has 0 aliphatic heterocycles. The van der Waals surface area contributed by atoms with Crippen LogP contribution in [-0.2, 0) is 9.59 Å². The summed E-state index contributed by atoms with van der Waals surface area (Å²) in [6, 6.07) is 19.7. The smallest absolute Gasteiger partial charge is 0.221 e. The van der Waals surface area contributed by atoms with Crippen molar-refractivity contribution in [3.8, 4) is 0 Å². The first-order valence-electron chi connectivity index (χ1n) is 9.28.